The van der Waals surface area contributed by atoms with E-state index < -0.39 is 0 Å². The number of anilines is 1. The van der Waals surface area contributed by atoms with Gasteiger partial charge in [0.25, 0.3) is 5.91 Å². The lowest BCUT2D eigenvalue weighted by molar-refractivity contribution is 0.0746. The molecule has 0 unspecified atom stereocenters. The summed E-state index contributed by atoms with van der Waals surface area (Å²) in [6.07, 6.45) is 0. The molecule has 9 nitrogen and oxygen atoms in total. The van der Waals surface area contributed by atoms with E-state index in [1.807, 2.05) is 31.7 Å². The van der Waals surface area contributed by atoms with Gasteiger partial charge in [0.1, 0.15) is 24.0 Å². The fourth-order valence-electron chi connectivity index (χ4n) is 4.09. The summed E-state index contributed by atoms with van der Waals surface area (Å²) in [5.41, 5.74) is 3.23. The van der Waals surface area contributed by atoms with Crippen LogP contribution in [-0.4, -0.2) is 59.2 Å². The van der Waals surface area contributed by atoms with Crippen molar-refractivity contribution in [3.05, 3.63) is 58.4 Å². The molecule has 0 spiro atoms. The molecule has 9 heteroatoms. The fraction of sp³-hybridized carbons (Fsp3) is 0.462. The molecule has 3 heterocycles. The topological polar surface area (TPSA) is 93.8 Å². The zero-order valence-electron chi connectivity index (χ0n) is 21.3. The van der Waals surface area contributed by atoms with E-state index in [9.17, 15) is 4.79 Å². The number of rotatable bonds is 7. The van der Waals surface area contributed by atoms with E-state index >= 15 is 0 Å². The van der Waals surface area contributed by atoms with Gasteiger partial charge in [0.2, 0.25) is 0 Å². The van der Waals surface area contributed by atoms with Crippen molar-refractivity contribution in [2.75, 3.05) is 38.2 Å². The van der Waals surface area contributed by atoms with E-state index in [0.29, 0.717) is 36.8 Å². The molecule has 35 heavy (non-hydrogen) atoms. The number of aromatic nitrogens is 3. The monoisotopic (exact) mass is 479 g/mol. The number of carbonyl (C=O) groups excluding carboxylic acids is 1. The Morgan fingerprint density at radius 1 is 1.06 bits per heavy atom. The summed E-state index contributed by atoms with van der Waals surface area (Å²) in [6.45, 7) is 12.9. The zero-order chi connectivity index (χ0) is 25.1. The molecule has 0 radical (unpaired) electrons. The molecule has 186 valence electrons. The Morgan fingerprint density at radius 3 is 2.43 bits per heavy atom. The van der Waals surface area contributed by atoms with Crippen LogP contribution in [0.25, 0.3) is 0 Å². The predicted octanol–water partition coefficient (Wildman–Crippen LogP) is 4.06. The largest absolute Gasteiger partial charge is 0.493 e. The zero-order valence-corrected chi connectivity index (χ0v) is 21.3. The van der Waals surface area contributed by atoms with Crippen molar-refractivity contribution in [3.63, 3.8) is 0 Å². The summed E-state index contributed by atoms with van der Waals surface area (Å²) in [6, 6.07) is 7.30. The highest BCUT2D eigenvalue weighted by Gasteiger charge is 2.24. The lowest BCUT2D eigenvalue weighted by atomic mass is 10.1. The number of methoxy groups -OCH3 is 1. The maximum atomic E-state index is 13.2. The number of ether oxygens (including phenoxy) is 2. The van der Waals surface area contributed by atoms with Gasteiger partial charge in [-0.25, -0.2) is 9.97 Å². The van der Waals surface area contributed by atoms with Crippen LogP contribution in [0.3, 0.4) is 0 Å². The number of amides is 1. The van der Waals surface area contributed by atoms with E-state index in [1.165, 1.54) is 0 Å². The second-order valence-corrected chi connectivity index (χ2v) is 9.12. The quantitative estimate of drug-likeness (QED) is 0.501. The maximum Gasteiger partial charge on any atom is 0.254 e. The van der Waals surface area contributed by atoms with E-state index in [2.05, 4.69) is 28.9 Å². The van der Waals surface area contributed by atoms with Crippen molar-refractivity contribution in [3.8, 4) is 11.5 Å². The Balaban J connectivity index is 1.41. The first kappa shape index (κ1) is 24.5. The van der Waals surface area contributed by atoms with Gasteiger partial charge in [-0.05, 0) is 39.0 Å². The number of hydrogen-bond donors (Lipinski definition) is 0. The first-order valence-corrected chi connectivity index (χ1v) is 11.9. The third kappa shape index (κ3) is 5.39. The lowest BCUT2D eigenvalue weighted by Crippen LogP contribution is -2.49. The van der Waals surface area contributed by atoms with Gasteiger partial charge < -0.3 is 23.8 Å². The highest BCUT2D eigenvalue weighted by Crippen LogP contribution is 2.30. The summed E-state index contributed by atoms with van der Waals surface area (Å²) in [7, 11) is 1.57. The van der Waals surface area contributed by atoms with E-state index in [0.717, 1.165) is 47.4 Å². The predicted molar refractivity (Wildman–Crippen MR) is 132 cm³/mol. The van der Waals surface area contributed by atoms with E-state index in [1.54, 1.807) is 25.3 Å². The van der Waals surface area contributed by atoms with E-state index in [-0.39, 0.29) is 11.8 Å². The Kier molecular flexibility index (Phi) is 7.23. The normalized spacial score (nSPS) is 13.9. The molecule has 1 saturated heterocycles. The molecule has 0 saturated carbocycles. The van der Waals surface area contributed by atoms with Crippen LogP contribution in [0.2, 0.25) is 0 Å². The van der Waals surface area contributed by atoms with Crippen LogP contribution in [0.15, 0.2) is 28.8 Å². The third-order valence-electron chi connectivity index (χ3n) is 6.23. The molecule has 0 atom stereocenters. The van der Waals surface area contributed by atoms with Gasteiger partial charge in [0.15, 0.2) is 11.5 Å². The molecule has 3 aromatic rings. The first-order chi connectivity index (χ1) is 16.8. The minimum absolute atomic E-state index is 0.0260. The molecule has 0 bridgehead atoms. The van der Waals surface area contributed by atoms with Crippen LogP contribution in [-0.2, 0) is 6.61 Å². The molecule has 2 aromatic heterocycles. The highest BCUT2D eigenvalue weighted by atomic mass is 16.5. The van der Waals surface area contributed by atoms with Crippen molar-refractivity contribution in [1.29, 1.82) is 0 Å². The molecule has 4 rings (SSSR count). The summed E-state index contributed by atoms with van der Waals surface area (Å²) in [5, 5.41) is 3.95. The molecule has 1 aliphatic heterocycles. The minimum atomic E-state index is -0.0260. The van der Waals surface area contributed by atoms with Gasteiger partial charge in [0, 0.05) is 49.4 Å². The Labute approximate surface area is 206 Å². The summed E-state index contributed by atoms with van der Waals surface area (Å²) >= 11 is 0. The molecular weight excluding hydrogens is 446 g/mol. The van der Waals surface area contributed by atoms with Crippen LogP contribution in [0.1, 0.15) is 58.7 Å². The number of nitrogens with zero attached hydrogens (tertiary/aromatic N) is 5. The highest BCUT2D eigenvalue weighted by molar-refractivity contribution is 5.95. The van der Waals surface area contributed by atoms with Crippen LogP contribution in [0.4, 0.5) is 5.82 Å². The minimum Gasteiger partial charge on any atom is -0.493 e. The molecule has 1 amide bonds. The van der Waals surface area contributed by atoms with Crippen LogP contribution >= 0.6 is 0 Å². The summed E-state index contributed by atoms with van der Waals surface area (Å²) in [5.74, 6) is 3.82. The average Bonchev–Trinajstić information content (AvgIpc) is 3.18. The first-order valence-electron chi connectivity index (χ1n) is 11.9. The molecular formula is C26H33N5O4. The third-order valence-corrected chi connectivity index (χ3v) is 6.23. The average molecular weight is 480 g/mol. The van der Waals surface area contributed by atoms with Crippen LogP contribution in [0, 0.1) is 20.8 Å². The second kappa shape index (κ2) is 10.3. The van der Waals surface area contributed by atoms with Crippen LogP contribution in [0.5, 0.6) is 11.5 Å². The molecule has 1 fully saturated rings. The van der Waals surface area contributed by atoms with Crippen molar-refractivity contribution >= 4 is 11.7 Å². The number of carbonyl (C=O) groups is 1. The SMILES string of the molecule is COc1cc(C(=O)N2CCN(c3cc(C)nc(C(C)C)n3)CC2)ccc1OCc1c(C)noc1C. The number of piperazine rings is 1. The summed E-state index contributed by atoms with van der Waals surface area (Å²) < 4.78 is 16.7. The van der Waals surface area contributed by atoms with E-state index in [4.69, 9.17) is 19.0 Å². The number of benzene rings is 1. The molecule has 0 N–H and O–H groups in total. The summed E-state index contributed by atoms with van der Waals surface area (Å²) in [4.78, 5) is 26.6. The maximum absolute atomic E-state index is 13.2. The van der Waals surface area contributed by atoms with Crippen molar-refractivity contribution in [1.82, 2.24) is 20.0 Å². The van der Waals surface area contributed by atoms with Gasteiger partial charge >= 0.3 is 0 Å². The molecule has 0 aliphatic carbocycles. The Hall–Kier alpha value is -3.62. The van der Waals surface area contributed by atoms with Gasteiger partial charge in [0.05, 0.1) is 18.4 Å². The van der Waals surface area contributed by atoms with Crippen molar-refractivity contribution in [2.45, 2.75) is 47.1 Å². The number of hydrogen-bond acceptors (Lipinski definition) is 8. The van der Waals surface area contributed by atoms with Crippen molar-refractivity contribution < 1.29 is 18.8 Å². The second-order valence-electron chi connectivity index (χ2n) is 9.12. The van der Waals surface area contributed by atoms with Gasteiger partial charge in [-0.15, -0.1) is 0 Å². The van der Waals surface area contributed by atoms with Gasteiger partial charge in [-0.3, -0.25) is 4.79 Å². The van der Waals surface area contributed by atoms with Gasteiger partial charge in [-0.2, -0.15) is 0 Å². The van der Waals surface area contributed by atoms with Crippen molar-refractivity contribution in [2.24, 2.45) is 0 Å². The Morgan fingerprint density at radius 2 is 1.80 bits per heavy atom. The Bertz CT molecular complexity index is 1180. The van der Waals surface area contributed by atoms with Gasteiger partial charge in [-0.1, -0.05) is 19.0 Å². The lowest BCUT2D eigenvalue weighted by Gasteiger charge is -2.35. The molecule has 1 aromatic carbocycles. The fourth-order valence-corrected chi connectivity index (χ4v) is 4.09. The number of aryl methyl sites for hydroxylation is 3. The van der Waals surface area contributed by atoms with Crippen LogP contribution < -0.4 is 14.4 Å². The molecule has 1 aliphatic rings. The smallest absolute Gasteiger partial charge is 0.254 e. The standard InChI is InChI=1S/C26H33N5O4/c1-16(2)25-27-17(3)13-24(28-25)30-9-11-31(12-10-30)26(32)20-7-8-22(23(14-20)33-6)34-15-21-18(4)29-35-19(21)5/h7-8,13-14,16H,9-12,15H2,1-6H3.